The van der Waals surface area contributed by atoms with Crippen LogP contribution in [0.3, 0.4) is 0 Å². The van der Waals surface area contributed by atoms with Gasteiger partial charge in [0.05, 0.1) is 5.60 Å². The van der Waals surface area contributed by atoms with Gasteiger partial charge in [-0.1, -0.05) is 26.0 Å². The number of carbonyl (C=O) groups excluding carboxylic acids is 1. The monoisotopic (exact) mass is 291 g/mol. The number of amides is 1. The van der Waals surface area contributed by atoms with Crippen molar-refractivity contribution in [2.45, 2.75) is 72.1 Å². The van der Waals surface area contributed by atoms with E-state index in [1.807, 2.05) is 70.7 Å². The second kappa shape index (κ2) is 7.08. The van der Waals surface area contributed by atoms with Crippen LogP contribution >= 0.6 is 0 Å². The Morgan fingerprint density at radius 3 is 1.81 bits per heavy atom. The summed E-state index contributed by atoms with van der Waals surface area (Å²) in [7, 11) is 0. The van der Waals surface area contributed by atoms with Gasteiger partial charge in [-0.25, -0.2) is 0 Å². The van der Waals surface area contributed by atoms with E-state index in [0.29, 0.717) is 18.4 Å². The van der Waals surface area contributed by atoms with Crippen molar-refractivity contribution in [3.8, 4) is 0 Å². The van der Waals surface area contributed by atoms with Crippen LogP contribution in [0.2, 0.25) is 0 Å². The minimum Gasteiger partial charge on any atom is -0.385 e. The zero-order valence-electron chi connectivity index (χ0n) is 14.2. The lowest BCUT2D eigenvalue weighted by atomic mass is 9.88. The summed E-state index contributed by atoms with van der Waals surface area (Å²) in [5, 5.41) is 10.5. The molecule has 0 saturated carbocycles. The molecule has 0 radical (unpaired) electrons. The largest absolute Gasteiger partial charge is 0.385 e. The molecule has 0 aromatic heterocycles. The zero-order chi connectivity index (χ0) is 16.2. The molecule has 0 spiro atoms. The summed E-state index contributed by atoms with van der Waals surface area (Å²) in [4.78, 5) is 14.5. The zero-order valence-corrected chi connectivity index (χ0v) is 14.2. The van der Waals surface area contributed by atoms with Gasteiger partial charge >= 0.3 is 0 Å². The summed E-state index contributed by atoms with van der Waals surface area (Å²) in [5.74, 6) is 0.0445. The Labute approximate surface area is 129 Å². The van der Waals surface area contributed by atoms with Crippen LogP contribution in [0.4, 0.5) is 0 Å². The molecule has 0 aliphatic rings. The molecule has 0 fully saturated rings. The fraction of sp³-hybridized carbons (Fsp3) is 0.611. The Hall–Kier alpha value is -1.35. The van der Waals surface area contributed by atoms with Gasteiger partial charge in [0, 0.05) is 17.6 Å². The third-order valence-electron chi connectivity index (χ3n) is 4.19. The molecule has 21 heavy (non-hydrogen) atoms. The molecule has 118 valence electrons. The van der Waals surface area contributed by atoms with Crippen molar-refractivity contribution in [2.75, 3.05) is 0 Å². The van der Waals surface area contributed by atoms with E-state index in [1.165, 1.54) is 0 Å². The first-order chi connectivity index (χ1) is 9.76. The number of hydrogen-bond donors (Lipinski definition) is 1. The van der Waals surface area contributed by atoms with Crippen molar-refractivity contribution in [3.05, 3.63) is 35.4 Å². The molecule has 1 amide bonds. The molecular formula is C18H29NO2. The summed E-state index contributed by atoms with van der Waals surface area (Å²) in [6, 6.07) is 7.73. The molecule has 1 aromatic carbocycles. The number of hydrogen-bond acceptors (Lipinski definition) is 2. The maximum absolute atomic E-state index is 12.6. The molecule has 0 atom stereocenters. The molecule has 3 nitrogen and oxygen atoms in total. The van der Waals surface area contributed by atoms with Crippen molar-refractivity contribution < 1.29 is 9.90 Å². The van der Waals surface area contributed by atoms with E-state index in [9.17, 15) is 9.90 Å². The first-order valence-electron chi connectivity index (χ1n) is 7.92. The van der Waals surface area contributed by atoms with Crippen LogP contribution in [-0.4, -0.2) is 28.0 Å². The average Bonchev–Trinajstić information content (AvgIpc) is 2.45. The van der Waals surface area contributed by atoms with Gasteiger partial charge in [0.1, 0.15) is 0 Å². The Balaban J connectivity index is 3.04. The minimum absolute atomic E-state index is 0.0445. The predicted molar refractivity (Wildman–Crippen MR) is 87.4 cm³/mol. The van der Waals surface area contributed by atoms with Crippen LogP contribution in [0.15, 0.2) is 24.3 Å². The molecule has 1 rings (SSSR count). The van der Waals surface area contributed by atoms with Gasteiger partial charge in [-0.2, -0.15) is 0 Å². The lowest BCUT2D eigenvalue weighted by molar-refractivity contribution is 0.0283. The Morgan fingerprint density at radius 1 is 1.05 bits per heavy atom. The summed E-state index contributed by atoms with van der Waals surface area (Å²) in [6.07, 6.45) is 1.34. The van der Waals surface area contributed by atoms with E-state index < -0.39 is 5.60 Å². The standard InChI is InChI=1S/C18H29NO2/c1-7-18(21,8-2)16-11-9-15(10-12-16)17(20)19(13(3)4)14(5)6/h9-14,21H,7-8H2,1-6H3. The Bertz CT molecular complexity index is 451. The number of aliphatic hydroxyl groups is 1. The molecular weight excluding hydrogens is 262 g/mol. The maximum atomic E-state index is 12.6. The van der Waals surface area contributed by atoms with E-state index in [4.69, 9.17) is 0 Å². The summed E-state index contributed by atoms with van der Waals surface area (Å²) >= 11 is 0. The fourth-order valence-electron chi connectivity index (χ4n) is 2.80. The maximum Gasteiger partial charge on any atom is 0.254 e. The van der Waals surface area contributed by atoms with E-state index in [1.54, 1.807) is 0 Å². The Morgan fingerprint density at radius 2 is 1.48 bits per heavy atom. The molecule has 3 heteroatoms. The van der Waals surface area contributed by atoms with Gasteiger partial charge in [0.25, 0.3) is 5.91 Å². The van der Waals surface area contributed by atoms with Gasteiger partial charge in [0.15, 0.2) is 0 Å². The molecule has 0 bridgehead atoms. The van der Waals surface area contributed by atoms with Crippen LogP contribution in [0.5, 0.6) is 0 Å². The number of carbonyl (C=O) groups is 1. The van der Waals surface area contributed by atoms with Crippen molar-refractivity contribution in [3.63, 3.8) is 0 Å². The number of rotatable bonds is 6. The number of nitrogens with zero attached hydrogens (tertiary/aromatic N) is 1. The highest BCUT2D eigenvalue weighted by Gasteiger charge is 2.26. The summed E-state index contributed by atoms with van der Waals surface area (Å²) in [5.41, 5.74) is 0.762. The first kappa shape index (κ1) is 17.7. The predicted octanol–water partition coefficient (Wildman–Crippen LogP) is 3.95. The van der Waals surface area contributed by atoms with Gasteiger partial charge < -0.3 is 10.0 Å². The topological polar surface area (TPSA) is 40.5 Å². The highest BCUT2D eigenvalue weighted by atomic mass is 16.3. The smallest absolute Gasteiger partial charge is 0.254 e. The van der Waals surface area contributed by atoms with Crippen molar-refractivity contribution in [1.29, 1.82) is 0 Å². The third-order valence-corrected chi connectivity index (χ3v) is 4.19. The van der Waals surface area contributed by atoms with Crippen molar-refractivity contribution in [1.82, 2.24) is 4.90 Å². The normalized spacial score (nSPS) is 12.0. The van der Waals surface area contributed by atoms with E-state index in [-0.39, 0.29) is 18.0 Å². The van der Waals surface area contributed by atoms with Crippen LogP contribution in [0, 0.1) is 0 Å². The molecule has 1 N–H and O–H groups in total. The van der Waals surface area contributed by atoms with Gasteiger partial charge in [-0.05, 0) is 58.2 Å². The molecule has 1 aromatic rings. The SMILES string of the molecule is CCC(O)(CC)c1ccc(C(=O)N(C(C)C)C(C)C)cc1. The van der Waals surface area contributed by atoms with Crippen LogP contribution in [0.1, 0.15) is 70.3 Å². The molecule has 0 heterocycles. The summed E-state index contributed by atoms with van der Waals surface area (Å²) < 4.78 is 0. The minimum atomic E-state index is -0.794. The van der Waals surface area contributed by atoms with Crippen LogP contribution < -0.4 is 0 Å². The van der Waals surface area contributed by atoms with Gasteiger partial charge in [-0.15, -0.1) is 0 Å². The van der Waals surface area contributed by atoms with Crippen molar-refractivity contribution in [2.24, 2.45) is 0 Å². The van der Waals surface area contributed by atoms with Gasteiger partial charge in [0.2, 0.25) is 0 Å². The summed E-state index contributed by atoms with van der Waals surface area (Å²) in [6.45, 7) is 12.1. The lowest BCUT2D eigenvalue weighted by Gasteiger charge is -2.31. The average molecular weight is 291 g/mol. The first-order valence-corrected chi connectivity index (χ1v) is 7.92. The van der Waals surface area contributed by atoms with Gasteiger partial charge in [-0.3, -0.25) is 4.79 Å². The molecule has 0 saturated heterocycles. The van der Waals surface area contributed by atoms with Crippen LogP contribution in [0.25, 0.3) is 0 Å². The Kier molecular flexibility index (Phi) is 5.97. The second-order valence-corrected chi connectivity index (χ2v) is 6.22. The van der Waals surface area contributed by atoms with Crippen molar-refractivity contribution >= 4 is 5.91 Å². The van der Waals surface area contributed by atoms with Crippen LogP contribution in [-0.2, 0) is 5.60 Å². The van der Waals surface area contributed by atoms with E-state index in [0.717, 1.165) is 5.56 Å². The quantitative estimate of drug-likeness (QED) is 0.862. The molecule has 0 unspecified atom stereocenters. The molecule has 0 aliphatic heterocycles. The lowest BCUT2D eigenvalue weighted by Crippen LogP contribution is -2.42. The second-order valence-electron chi connectivity index (χ2n) is 6.22. The highest BCUT2D eigenvalue weighted by Crippen LogP contribution is 2.28. The van der Waals surface area contributed by atoms with E-state index >= 15 is 0 Å². The highest BCUT2D eigenvalue weighted by molar-refractivity contribution is 5.94. The van der Waals surface area contributed by atoms with E-state index in [2.05, 4.69) is 0 Å². The molecule has 0 aliphatic carbocycles. The third kappa shape index (κ3) is 3.85. The fourth-order valence-corrected chi connectivity index (χ4v) is 2.80. The number of benzene rings is 1.